The molecule has 19 heavy (non-hydrogen) atoms. The lowest BCUT2D eigenvalue weighted by molar-refractivity contribution is 0.0950. The summed E-state index contributed by atoms with van der Waals surface area (Å²) in [6.45, 7) is 2.12. The van der Waals surface area contributed by atoms with Gasteiger partial charge in [-0.15, -0.1) is 0 Å². The van der Waals surface area contributed by atoms with Crippen LogP contribution in [0.3, 0.4) is 0 Å². The van der Waals surface area contributed by atoms with Gasteiger partial charge < -0.3 is 10.4 Å². The maximum Gasteiger partial charge on any atom is 0.251 e. The Morgan fingerprint density at radius 1 is 1.37 bits per heavy atom. The number of aryl methyl sites for hydroxylation is 1. The average Bonchev–Trinajstić information content (AvgIpc) is 2.35. The predicted octanol–water partition coefficient (Wildman–Crippen LogP) is 2.68. The summed E-state index contributed by atoms with van der Waals surface area (Å²) in [7, 11) is 0. The molecule has 0 atom stereocenters. The van der Waals surface area contributed by atoms with Gasteiger partial charge in [-0.05, 0) is 36.8 Å². The predicted molar refractivity (Wildman–Crippen MR) is 73.3 cm³/mol. The fraction of sp³-hybridized carbons (Fsp3) is 0.143. The van der Waals surface area contributed by atoms with Crippen molar-refractivity contribution in [3.8, 4) is 5.75 Å². The Bertz CT molecular complexity index is 594. The molecule has 0 spiro atoms. The molecule has 4 nitrogen and oxygen atoms in total. The number of pyridine rings is 1. The van der Waals surface area contributed by atoms with E-state index < -0.39 is 0 Å². The molecule has 2 rings (SSSR count). The van der Waals surface area contributed by atoms with Crippen LogP contribution in [0.2, 0.25) is 5.15 Å². The first-order valence-electron chi connectivity index (χ1n) is 5.75. The summed E-state index contributed by atoms with van der Waals surface area (Å²) >= 11 is 5.81. The van der Waals surface area contributed by atoms with E-state index in [1.54, 1.807) is 31.2 Å². The van der Waals surface area contributed by atoms with E-state index in [1.807, 2.05) is 6.07 Å². The van der Waals surface area contributed by atoms with Crippen LogP contribution >= 0.6 is 11.6 Å². The highest BCUT2D eigenvalue weighted by Crippen LogP contribution is 2.12. The van der Waals surface area contributed by atoms with Crippen molar-refractivity contribution in [2.75, 3.05) is 0 Å². The zero-order valence-corrected chi connectivity index (χ0v) is 11.1. The molecule has 0 saturated heterocycles. The normalized spacial score (nSPS) is 10.2. The van der Waals surface area contributed by atoms with E-state index in [4.69, 9.17) is 11.6 Å². The summed E-state index contributed by atoms with van der Waals surface area (Å²) in [4.78, 5) is 15.9. The second kappa shape index (κ2) is 5.71. The Kier molecular flexibility index (Phi) is 4.02. The number of hydrogen-bond donors (Lipinski definition) is 2. The van der Waals surface area contributed by atoms with Gasteiger partial charge in [-0.3, -0.25) is 4.79 Å². The van der Waals surface area contributed by atoms with E-state index >= 15 is 0 Å². The molecule has 0 aliphatic rings. The van der Waals surface area contributed by atoms with E-state index in [9.17, 15) is 9.90 Å². The molecular weight excluding hydrogens is 264 g/mol. The van der Waals surface area contributed by atoms with E-state index in [2.05, 4.69) is 10.3 Å². The topological polar surface area (TPSA) is 62.2 Å². The standard InChI is InChI=1S/C14H13ClN2O2/c1-9-5-11(7-13(15)17-9)14(19)16-8-10-3-2-4-12(18)6-10/h2-7,18H,8H2,1H3,(H,16,19). The Balaban J connectivity index is 2.05. The van der Waals surface area contributed by atoms with Crippen molar-refractivity contribution in [1.29, 1.82) is 0 Å². The molecular formula is C14H13ClN2O2. The van der Waals surface area contributed by atoms with Crippen molar-refractivity contribution >= 4 is 17.5 Å². The van der Waals surface area contributed by atoms with Crippen LogP contribution in [-0.2, 0) is 6.54 Å². The Morgan fingerprint density at radius 2 is 2.16 bits per heavy atom. The molecule has 1 aromatic carbocycles. The molecule has 0 bridgehead atoms. The highest BCUT2D eigenvalue weighted by atomic mass is 35.5. The molecule has 1 amide bonds. The Morgan fingerprint density at radius 3 is 2.84 bits per heavy atom. The number of carbonyl (C=O) groups is 1. The first-order valence-corrected chi connectivity index (χ1v) is 6.13. The van der Waals surface area contributed by atoms with Crippen molar-refractivity contribution in [3.63, 3.8) is 0 Å². The van der Waals surface area contributed by atoms with E-state index in [0.29, 0.717) is 23.0 Å². The van der Waals surface area contributed by atoms with Gasteiger partial charge in [0.2, 0.25) is 0 Å². The number of rotatable bonds is 3. The van der Waals surface area contributed by atoms with Crippen LogP contribution in [0.4, 0.5) is 0 Å². The van der Waals surface area contributed by atoms with Gasteiger partial charge in [-0.2, -0.15) is 0 Å². The quantitative estimate of drug-likeness (QED) is 0.847. The molecule has 2 aromatic rings. The van der Waals surface area contributed by atoms with Gasteiger partial charge in [0.15, 0.2) is 0 Å². The number of amides is 1. The van der Waals surface area contributed by atoms with Gasteiger partial charge in [-0.25, -0.2) is 4.98 Å². The number of nitrogens with one attached hydrogen (secondary N) is 1. The van der Waals surface area contributed by atoms with Crippen LogP contribution in [0.5, 0.6) is 5.75 Å². The highest BCUT2D eigenvalue weighted by Gasteiger charge is 2.07. The number of benzene rings is 1. The van der Waals surface area contributed by atoms with Crippen LogP contribution in [0.1, 0.15) is 21.6 Å². The first kappa shape index (κ1) is 13.4. The SMILES string of the molecule is Cc1cc(C(=O)NCc2cccc(O)c2)cc(Cl)n1. The van der Waals surface area contributed by atoms with Crippen molar-refractivity contribution in [2.24, 2.45) is 0 Å². The third-order valence-corrected chi connectivity index (χ3v) is 2.74. The lowest BCUT2D eigenvalue weighted by Gasteiger charge is -2.06. The second-order valence-electron chi connectivity index (χ2n) is 4.17. The summed E-state index contributed by atoms with van der Waals surface area (Å²) in [5, 5.41) is 12.4. The summed E-state index contributed by atoms with van der Waals surface area (Å²) in [6, 6.07) is 9.92. The summed E-state index contributed by atoms with van der Waals surface area (Å²) in [6.07, 6.45) is 0. The molecule has 0 radical (unpaired) electrons. The summed E-state index contributed by atoms with van der Waals surface area (Å²) < 4.78 is 0. The lowest BCUT2D eigenvalue weighted by atomic mass is 10.2. The van der Waals surface area contributed by atoms with Gasteiger partial charge in [0.1, 0.15) is 10.9 Å². The minimum Gasteiger partial charge on any atom is -0.508 e. The molecule has 1 aromatic heterocycles. The zero-order valence-electron chi connectivity index (χ0n) is 10.4. The third kappa shape index (κ3) is 3.69. The van der Waals surface area contributed by atoms with Crippen molar-refractivity contribution < 1.29 is 9.90 Å². The molecule has 0 aliphatic heterocycles. The largest absolute Gasteiger partial charge is 0.508 e. The molecule has 5 heteroatoms. The molecule has 0 aliphatic carbocycles. The number of carbonyl (C=O) groups excluding carboxylic acids is 1. The fourth-order valence-corrected chi connectivity index (χ4v) is 1.96. The van der Waals surface area contributed by atoms with Gasteiger partial charge in [0.05, 0.1) is 0 Å². The number of aromatic hydroxyl groups is 1. The number of nitrogens with zero attached hydrogens (tertiary/aromatic N) is 1. The van der Waals surface area contributed by atoms with Crippen molar-refractivity contribution in [1.82, 2.24) is 10.3 Å². The molecule has 0 saturated carbocycles. The van der Waals surface area contributed by atoms with Gasteiger partial charge >= 0.3 is 0 Å². The molecule has 1 heterocycles. The van der Waals surface area contributed by atoms with Crippen LogP contribution in [0.25, 0.3) is 0 Å². The van der Waals surface area contributed by atoms with Crippen LogP contribution < -0.4 is 5.32 Å². The number of phenols is 1. The van der Waals surface area contributed by atoms with Crippen molar-refractivity contribution in [3.05, 3.63) is 58.4 Å². The van der Waals surface area contributed by atoms with Crippen LogP contribution in [0.15, 0.2) is 36.4 Å². The van der Waals surface area contributed by atoms with Gasteiger partial charge in [-0.1, -0.05) is 23.7 Å². The Labute approximate surface area is 116 Å². The number of hydrogen-bond acceptors (Lipinski definition) is 3. The molecule has 98 valence electrons. The second-order valence-corrected chi connectivity index (χ2v) is 4.56. The third-order valence-electron chi connectivity index (χ3n) is 2.55. The summed E-state index contributed by atoms with van der Waals surface area (Å²) in [5.41, 5.74) is 1.98. The number of halogens is 1. The minimum absolute atomic E-state index is 0.176. The minimum atomic E-state index is -0.226. The zero-order chi connectivity index (χ0) is 13.8. The Hall–Kier alpha value is -2.07. The van der Waals surface area contributed by atoms with Crippen molar-refractivity contribution in [2.45, 2.75) is 13.5 Å². The van der Waals surface area contributed by atoms with Gasteiger partial charge in [0, 0.05) is 17.8 Å². The fourth-order valence-electron chi connectivity index (χ4n) is 1.71. The van der Waals surface area contributed by atoms with E-state index in [1.165, 1.54) is 6.07 Å². The number of phenolic OH excluding ortho intramolecular Hbond substituents is 1. The van der Waals surface area contributed by atoms with E-state index in [0.717, 1.165) is 5.56 Å². The monoisotopic (exact) mass is 276 g/mol. The lowest BCUT2D eigenvalue weighted by Crippen LogP contribution is -2.23. The molecule has 0 fully saturated rings. The smallest absolute Gasteiger partial charge is 0.251 e. The molecule has 0 unspecified atom stereocenters. The average molecular weight is 277 g/mol. The first-order chi connectivity index (χ1) is 9.04. The van der Waals surface area contributed by atoms with E-state index in [-0.39, 0.29) is 11.7 Å². The van der Waals surface area contributed by atoms with Gasteiger partial charge in [0.25, 0.3) is 5.91 Å². The highest BCUT2D eigenvalue weighted by molar-refractivity contribution is 6.29. The number of aromatic nitrogens is 1. The maximum absolute atomic E-state index is 11.9. The van der Waals surface area contributed by atoms with Crippen LogP contribution in [-0.4, -0.2) is 16.0 Å². The van der Waals surface area contributed by atoms with Crippen LogP contribution in [0, 0.1) is 6.92 Å². The maximum atomic E-state index is 11.9. The molecule has 2 N–H and O–H groups in total. The summed E-state index contributed by atoms with van der Waals surface area (Å²) in [5.74, 6) is -0.0507.